The van der Waals surface area contributed by atoms with Crippen LogP contribution in [0.15, 0.2) is 199 Å². The van der Waals surface area contributed by atoms with E-state index in [9.17, 15) is 4.79 Å². The maximum Gasteiger partial charge on any atom is 0.364 e. The van der Waals surface area contributed by atoms with Crippen LogP contribution in [0.4, 0.5) is 0 Å². The standard InChI is InChI=1S/C58H64N4O9/c1-3-35-61-58(63)62(60-59-61)50(53(66-38-46-27-15-7-16-28-46)51(4-2)65-37-45-25-13-6-14-26-45)42-70-57-56(69-41-49-33-21-10-22-34-49)55(68-40-48-31-19-9-20-32-48)54(67-39-47-29-17-8-18-30-47)52(71-57)43-64-36-44-23-11-5-12-24-44/h3,5-34,50-57H,1,4,35-43H2,2H3/t50-,51+,52?,53-,54?,55?,56?,57?/m0/s1. The first-order valence-electron chi connectivity index (χ1n) is 24.4. The summed E-state index contributed by atoms with van der Waals surface area (Å²) in [7, 11) is 0. The highest BCUT2D eigenvalue weighted by atomic mass is 16.7. The first-order valence-corrected chi connectivity index (χ1v) is 24.4. The highest BCUT2D eigenvalue weighted by Gasteiger charge is 2.50. The van der Waals surface area contributed by atoms with Crippen molar-refractivity contribution in [3.8, 4) is 0 Å². The Bertz CT molecular complexity index is 2630. The van der Waals surface area contributed by atoms with Gasteiger partial charge in [-0.25, -0.2) is 4.79 Å². The van der Waals surface area contributed by atoms with Crippen LogP contribution in [0.2, 0.25) is 0 Å². The topological polar surface area (TPSA) is 127 Å². The van der Waals surface area contributed by atoms with Crippen LogP contribution in [0.1, 0.15) is 52.8 Å². The second kappa shape index (κ2) is 27.3. The van der Waals surface area contributed by atoms with Gasteiger partial charge in [0, 0.05) is 0 Å². The van der Waals surface area contributed by atoms with E-state index >= 15 is 0 Å². The van der Waals surface area contributed by atoms with E-state index in [0.717, 1.165) is 33.4 Å². The molecule has 0 bridgehead atoms. The second-order valence-electron chi connectivity index (χ2n) is 17.4. The van der Waals surface area contributed by atoms with Crippen molar-refractivity contribution >= 4 is 0 Å². The molecule has 1 aromatic heterocycles. The summed E-state index contributed by atoms with van der Waals surface area (Å²) in [5.74, 6) is 0. The summed E-state index contributed by atoms with van der Waals surface area (Å²) < 4.78 is 57.6. The lowest BCUT2D eigenvalue weighted by Gasteiger charge is -2.46. The van der Waals surface area contributed by atoms with Gasteiger partial charge < -0.3 is 37.9 Å². The number of rotatable bonds is 28. The van der Waals surface area contributed by atoms with Gasteiger partial charge in [0.1, 0.15) is 36.6 Å². The minimum atomic E-state index is -1.08. The average Bonchev–Trinajstić information content (AvgIpc) is 3.78. The fourth-order valence-electron chi connectivity index (χ4n) is 8.57. The number of tetrazole rings is 1. The SMILES string of the molecule is C=CCn1nnn([C@@H](COC2OC(COCc3ccccc3)C(OCc3ccccc3)C(OCc3ccccc3)C2OCc2ccccc2)[C@H](OCc2ccccc2)[C@@H](CC)OCc2ccccc2)c1=O. The van der Waals surface area contributed by atoms with E-state index in [1.807, 2.05) is 189 Å². The minimum absolute atomic E-state index is 0.133. The van der Waals surface area contributed by atoms with Gasteiger partial charge >= 0.3 is 5.69 Å². The molecule has 5 unspecified atom stereocenters. The molecule has 1 aliphatic rings. The lowest BCUT2D eigenvalue weighted by atomic mass is 9.97. The van der Waals surface area contributed by atoms with Gasteiger partial charge in [0.05, 0.1) is 65.5 Å². The third kappa shape index (κ3) is 14.8. The molecule has 0 aliphatic carbocycles. The smallest absolute Gasteiger partial charge is 0.364 e. The van der Waals surface area contributed by atoms with E-state index in [1.54, 1.807) is 6.08 Å². The Morgan fingerprint density at radius 1 is 0.549 bits per heavy atom. The zero-order chi connectivity index (χ0) is 48.9. The summed E-state index contributed by atoms with van der Waals surface area (Å²) in [5.41, 5.74) is 5.39. The van der Waals surface area contributed by atoms with Gasteiger partial charge in [0.15, 0.2) is 6.29 Å². The molecule has 1 fully saturated rings. The normalized spacial score (nSPS) is 19.2. The van der Waals surface area contributed by atoms with Crippen molar-refractivity contribution in [3.63, 3.8) is 0 Å². The Morgan fingerprint density at radius 3 is 1.46 bits per heavy atom. The molecule has 0 N–H and O–H groups in total. The fourth-order valence-corrected chi connectivity index (χ4v) is 8.57. The summed E-state index contributed by atoms with van der Waals surface area (Å²) >= 11 is 0. The van der Waals surface area contributed by atoms with E-state index in [4.69, 9.17) is 37.9 Å². The summed E-state index contributed by atoms with van der Waals surface area (Å²) in [4.78, 5) is 14.3. The van der Waals surface area contributed by atoms with E-state index in [1.165, 1.54) is 9.36 Å². The third-order valence-electron chi connectivity index (χ3n) is 12.3. The predicted molar refractivity (Wildman–Crippen MR) is 270 cm³/mol. The van der Waals surface area contributed by atoms with Crippen LogP contribution in [0.25, 0.3) is 0 Å². The van der Waals surface area contributed by atoms with Crippen LogP contribution in [-0.2, 0) is 84.1 Å². The van der Waals surface area contributed by atoms with Crippen LogP contribution < -0.4 is 5.69 Å². The molecule has 8 rings (SSSR count). The van der Waals surface area contributed by atoms with Gasteiger partial charge in [0.25, 0.3) is 0 Å². The lowest BCUT2D eigenvalue weighted by Crippen LogP contribution is -2.62. The summed E-state index contributed by atoms with van der Waals surface area (Å²) in [5, 5.41) is 8.70. The minimum Gasteiger partial charge on any atom is -0.374 e. The van der Waals surface area contributed by atoms with Gasteiger partial charge in [0.2, 0.25) is 0 Å². The number of ether oxygens (including phenoxy) is 8. The van der Waals surface area contributed by atoms with Crippen molar-refractivity contribution in [2.75, 3.05) is 13.2 Å². The van der Waals surface area contributed by atoms with Crippen molar-refractivity contribution in [2.24, 2.45) is 0 Å². The third-order valence-corrected chi connectivity index (χ3v) is 12.3. The Morgan fingerprint density at radius 2 is 0.986 bits per heavy atom. The molecule has 2 heterocycles. The Kier molecular flexibility index (Phi) is 19.6. The molecular weight excluding hydrogens is 897 g/mol. The number of hydrogen-bond acceptors (Lipinski definition) is 11. The number of benzene rings is 6. The molecule has 13 heteroatoms. The molecule has 1 aliphatic heterocycles. The molecule has 13 nitrogen and oxygen atoms in total. The average molecular weight is 961 g/mol. The van der Waals surface area contributed by atoms with Crippen LogP contribution in [-0.4, -0.2) is 75.9 Å². The quantitative estimate of drug-likeness (QED) is 0.0436. The number of aromatic nitrogens is 4. The van der Waals surface area contributed by atoms with Gasteiger partial charge in [-0.05, 0) is 50.2 Å². The first-order chi connectivity index (χ1) is 35.1. The van der Waals surface area contributed by atoms with Gasteiger partial charge in [-0.1, -0.05) is 195 Å². The first kappa shape index (κ1) is 51.0. The molecule has 6 aromatic carbocycles. The monoisotopic (exact) mass is 960 g/mol. The molecule has 71 heavy (non-hydrogen) atoms. The molecule has 0 amide bonds. The van der Waals surface area contributed by atoms with E-state index in [-0.39, 0.29) is 46.2 Å². The largest absolute Gasteiger partial charge is 0.374 e. The van der Waals surface area contributed by atoms with Crippen molar-refractivity contribution in [3.05, 3.63) is 239 Å². The summed E-state index contributed by atoms with van der Waals surface area (Å²) in [6, 6.07) is 58.9. The van der Waals surface area contributed by atoms with Crippen molar-refractivity contribution in [2.45, 2.75) is 108 Å². The molecule has 0 saturated carbocycles. The van der Waals surface area contributed by atoms with E-state index in [2.05, 4.69) is 17.0 Å². The maximum absolute atomic E-state index is 14.3. The fraction of sp³-hybridized carbons (Fsp3) is 0.328. The molecule has 7 aromatic rings. The van der Waals surface area contributed by atoms with Crippen molar-refractivity contribution < 1.29 is 37.9 Å². The van der Waals surface area contributed by atoms with Crippen molar-refractivity contribution in [1.82, 2.24) is 19.8 Å². The number of allylic oxidation sites excluding steroid dienone is 1. The summed E-state index contributed by atoms with van der Waals surface area (Å²) in [6.07, 6.45) is -3.25. The number of hydrogen-bond donors (Lipinski definition) is 0. The van der Waals surface area contributed by atoms with Crippen LogP contribution in [0.3, 0.4) is 0 Å². The van der Waals surface area contributed by atoms with Crippen molar-refractivity contribution in [1.29, 1.82) is 0 Å². The molecule has 8 atom stereocenters. The number of nitrogens with zero attached hydrogens (tertiary/aromatic N) is 4. The lowest BCUT2D eigenvalue weighted by molar-refractivity contribution is -0.331. The zero-order valence-electron chi connectivity index (χ0n) is 40.3. The molecule has 370 valence electrons. The van der Waals surface area contributed by atoms with Gasteiger partial charge in [-0.2, -0.15) is 9.36 Å². The molecule has 0 spiro atoms. The van der Waals surface area contributed by atoms with E-state index < -0.39 is 54.6 Å². The zero-order valence-corrected chi connectivity index (χ0v) is 40.3. The molecule has 1 saturated heterocycles. The van der Waals surface area contributed by atoms with Crippen LogP contribution in [0.5, 0.6) is 0 Å². The molecular formula is C58H64N4O9. The predicted octanol–water partition coefficient (Wildman–Crippen LogP) is 9.46. The highest BCUT2D eigenvalue weighted by Crippen LogP contribution is 2.33. The maximum atomic E-state index is 14.3. The van der Waals surface area contributed by atoms with Crippen LogP contribution >= 0.6 is 0 Å². The second-order valence-corrected chi connectivity index (χ2v) is 17.4. The van der Waals surface area contributed by atoms with Crippen LogP contribution in [0, 0.1) is 0 Å². The van der Waals surface area contributed by atoms with Gasteiger partial charge in [-0.3, -0.25) is 0 Å². The molecule has 0 radical (unpaired) electrons. The Labute approximate surface area is 416 Å². The Balaban J connectivity index is 1.17. The van der Waals surface area contributed by atoms with E-state index in [0.29, 0.717) is 19.6 Å². The summed E-state index contributed by atoms with van der Waals surface area (Å²) in [6.45, 7) is 7.66. The highest BCUT2D eigenvalue weighted by molar-refractivity contribution is 5.18. The van der Waals surface area contributed by atoms with Gasteiger partial charge in [-0.15, -0.1) is 6.58 Å². The Hall–Kier alpha value is -6.39.